The third kappa shape index (κ3) is 14.7. The summed E-state index contributed by atoms with van der Waals surface area (Å²) < 4.78 is 2.01. The number of thiazole rings is 2. The Hall–Kier alpha value is -6.11. The molecule has 0 aliphatic carbocycles. The van der Waals surface area contributed by atoms with Crippen LogP contribution in [0.25, 0.3) is 45.4 Å². The minimum absolute atomic E-state index is 0.0130. The highest BCUT2D eigenvalue weighted by atomic mass is 32.1. The number of rotatable bonds is 22. The van der Waals surface area contributed by atoms with Gasteiger partial charge in [0.05, 0.1) is 52.5 Å². The fourth-order valence-electron chi connectivity index (χ4n) is 5.85. The fraction of sp³-hybridized carbons (Fsp3) is 0.262. The van der Waals surface area contributed by atoms with E-state index in [9.17, 15) is 39.3 Å². The molecule has 310 valence electrons. The molecule has 4 aromatic rings. The molecule has 15 nitrogen and oxygen atoms in total. The van der Waals surface area contributed by atoms with Gasteiger partial charge in [-0.15, -0.1) is 22.7 Å². The van der Waals surface area contributed by atoms with Crippen LogP contribution < -0.4 is 30.4 Å². The average molecular weight is 842 g/mol. The summed E-state index contributed by atoms with van der Waals surface area (Å²) in [6, 6.07) is 14.2. The molecule has 0 unspecified atom stereocenters. The third-order valence-electron chi connectivity index (χ3n) is 8.55. The fourth-order valence-corrected chi connectivity index (χ4v) is 7.73. The Bertz CT molecular complexity index is 2230. The first-order valence-corrected chi connectivity index (χ1v) is 20.1. The van der Waals surface area contributed by atoms with E-state index in [2.05, 4.69) is 33.8 Å². The highest BCUT2D eigenvalue weighted by Crippen LogP contribution is 2.22. The lowest BCUT2D eigenvalue weighted by Crippen LogP contribution is -2.46. The van der Waals surface area contributed by atoms with Gasteiger partial charge in [0.15, 0.2) is 0 Å². The standard InChI is InChI=1S/C42H47N7O8S2/c1-5-9-32-34(7-3)58-41(45-32)28-11-15-30(16-12-28)43-36(50)23-48(26-39(54)55)21-19-47(25-38(52)53)20-22-49(27-40(56)57)24-37(51)44-31-17-13-29(14-18-31)42-46-33(10-6-2)35(8-4)59-42/h5-18H,1-2,19-27H2,3-4H3,(H,43,50)(H,44,51)(H,52,53)(H,54,55)(H,56,57)/b32-9+,33-10+,34-7+,35-8+. The van der Waals surface area contributed by atoms with Crippen molar-refractivity contribution >= 4 is 88.1 Å². The molecule has 0 atom stereocenters. The van der Waals surface area contributed by atoms with E-state index in [0.29, 0.717) is 11.4 Å². The number of aromatic nitrogens is 2. The van der Waals surface area contributed by atoms with E-state index in [-0.39, 0.29) is 39.3 Å². The maximum absolute atomic E-state index is 13.0. The summed E-state index contributed by atoms with van der Waals surface area (Å²) in [7, 11) is 0. The molecule has 0 aliphatic heterocycles. The van der Waals surface area contributed by atoms with Crippen molar-refractivity contribution in [1.82, 2.24) is 24.7 Å². The Morgan fingerprint density at radius 1 is 0.576 bits per heavy atom. The van der Waals surface area contributed by atoms with Gasteiger partial charge in [0.2, 0.25) is 11.8 Å². The van der Waals surface area contributed by atoms with Crippen molar-refractivity contribution in [2.24, 2.45) is 0 Å². The monoisotopic (exact) mass is 841 g/mol. The van der Waals surface area contributed by atoms with E-state index in [1.807, 2.05) is 62.4 Å². The van der Waals surface area contributed by atoms with Gasteiger partial charge in [0.1, 0.15) is 10.0 Å². The largest absolute Gasteiger partial charge is 0.480 e. The summed E-state index contributed by atoms with van der Waals surface area (Å²) >= 11 is 3.04. The van der Waals surface area contributed by atoms with Gasteiger partial charge in [-0.2, -0.15) is 0 Å². The Morgan fingerprint density at radius 2 is 0.915 bits per heavy atom. The molecule has 0 bridgehead atoms. The molecule has 0 saturated carbocycles. The van der Waals surface area contributed by atoms with Crippen molar-refractivity contribution in [3.63, 3.8) is 0 Å². The number of nitrogens with zero attached hydrogens (tertiary/aromatic N) is 5. The van der Waals surface area contributed by atoms with Crippen LogP contribution in [0.3, 0.4) is 0 Å². The maximum atomic E-state index is 13.0. The van der Waals surface area contributed by atoms with Crippen molar-refractivity contribution < 1.29 is 39.3 Å². The molecule has 2 amide bonds. The predicted octanol–water partition coefficient (Wildman–Crippen LogP) is 2.20. The van der Waals surface area contributed by atoms with Gasteiger partial charge in [-0.25, -0.2) is 9.97 Å². The van der Waals surface area contributed by atoms with Crippen molar-refractivity contribution in [2.45, 2.75) is 13.8 Å². The number of carbonyl (C=O) groups excluding carboxylic acids is 2. The number of carboxylic acid groups (broad SMARTS) is 3. The van der Waals surface area contributed by atoms with E-state index in [4.69, 9.17) is 0 Å². The summed E-state index contributed by atoms with van der Waals surface area (Å²) in [5.74, 6) is -4.45. The normalized spacial score (nSPS) is 12.7. The van der Waals surface area contributed by atoms with Gasteiger partial charge in [-0.05, 0) is 74.5 Å². The zero-order valence-electron chi connectivity index (χ0n) is 32.8. The van der Waals surface area contributed by atoms with Gasteiger partial charge >= 0.3 is 17.9 Å². The van der Waals surface area contributed by atoms with Crippen LogP contribution in [0.1, 0.15) is 13.8 Å². The van der Waals surface area contributed by atoms with Gasteiger partial charge < -0.3 is 26.0 Å². The van der Waals surface area contributed by atoms with E-state index in [1.165, 1.54) is 37.4 Å². The first-order valence-electron chi connectivity index (χ1n) is 18.5. The summed E-state index contributed by atoms with van der Waals surface area (Å²) in [5, 5.41) is 37.5. The number of hydrogen-bond acceptors (Lipinski definition) is 12. The van der Waals surface area contributed by atoms with Gasteiger partial charge in [0.25, 0.3) is 0 Å². The van der Waals surface area contributed by atoms with Crippen LogP contribution in [0.15, 0.2) is 73.8 Å². The molecule has 4 rings (SSSR count). The molecule has 0 aliphatic rings. The second kappa shape index (κ2) is 22.7. The molecule has 2 aromatic carbocycles. The Labute approximate surface area is 349 Å². The Balaban J connectivity index is 1.34. The number of amides is 2. The minimum atomic E-state index is -1.18. The second-order valence-electron chi connectivity index (χ2n) is 13.0. The predicted molar refractivity (Wildman–Crippen MR) is 233 cm³/mol. The molecular formula is C42H47N7O8S2. The zero-order chi connectivity index (χ0) is 42.9. The average Bonchev–Trinajstić information content (AvgIpc) is 3.79. The SMILES string of the molecule is C=C/C=c1/nc(-c2ccc(NC(=O)CN(CCN(CCN(CC(=O)O)CC(=O)Nc3ccc(-c4nc(=C/C=C)/c(=C\C)s4)cc3)CC(=O)O)CC(=O)O)cc2)s/c1=C/C. The highest BCUT2D eigenvalue weighted by Gasteiger charge is 2.20. The van der Waals surface area contributed by atoms with E-state index >= 15 is 0 Å². The number of nitrogens with one attached hydrogen (secondary N) is 2. The number of aliphatic carboxylic acids is 3. The molecule has 5 N–H and O–H groups in total. The summed E-state index contributed by atoms with van der Waals surface area (Å²) in [5.41, 5.74) is 2.70. The van der Waals surface area contributed by atoms with E-state index < -0.39 is 49.4 Å². The molecule has 2 aromatic heterocycles. The van der Waals surface area contributed by atoms with Crippen LogP contribution in [0.5, 0.6) is 0 Å². The molecular weight excluding hydrogens is 795 g/mol. The quantitative estimate of drug-likeness (QED) is 0.0771. The van der Waals surface area contributed by atoms with Gasteiger partial charge in [-0.1, -0.05) is 37.5 Å². The topological polar surface area (TPSA) is 206 Å². The Morgan fingerprint density at radius 3 is 1.24 bits per heavy atom. The number of anilines is 2. The summed E-state index contributed by atoms with van der Waals surface area (Å²) in [6.07, 6.45) is 10.9. The molecule has 59 heavy (non-hydrogen) atoms. The van der Waals surface area contributed by atoms with Gasteiger partial charge in [0, 0.05) is 48.7 Å². The number of carbonyl (C=O) groups is 5. The van der Waals surface area contributed by atoms with Crippen LogP contribution in [-0.4, -0.2) is 129 Å². The highest BCUT2D eigenvalue weighted by molar-refractivity contribution is 7.13. The van der Waals surface area contributed by atoms with Crippen LogP contribution in [0.4, 0.5) is 11.4 Å². The second-order valence-corrected chi connectivity index (χ2v) is 15.1. The zero-order valence-corrected chi connectivity index (χ0v) is 34.4. The van der Waals surface area contributed by atoms with E-state index in [0.717, 1.165) is 40.9 Å². The lowest BCUT2D eigenvalue weighted by molar-refractivity contribution is -0.140. The van der Waals surface area contributed by atoms with Crippen molar-refractivity contribution in [1.29, 1.82) is 0 Å². The molecule has 2 heterocycles. The molecule has 17 heteroatoms. The smallest absolute Gasteiger partial charge is 0.317 e. The third-order valence-corrected chi connectivity index (χ3v) is 10.9. The van der Waals surface area contributed by atoms with Crippen molar-refractivity contribution in [3.05, 3.63) is 93.6 Å². The van der Waals surface area contributed by atoms with Crippen molar-refractivity contribution in [2.75, 3.05) is 69.5 Å². The van der Waals surface area contributed by atoms with Gasteiger partial charge in [-0.3, -0.25) is 38.7 Å². The lowest BCUT2D eigenvalue weighted by atomic mass is 10.2. The maximum Gasteiger partial charge on any atom is 0.317 e. The number of benzene rings is 2. The number of hydrogen-bond donors (Lipinski definition) is 5. The molecule has 0 saturated heterocycles. The minimum Gasteiger partial charge on any atom is -0.480 e. The first kappa shape index (κ1) is 45.6. The summed E-state index contributed by atoms with van der Waals surface area (Å²) in [4.78, 5) is 74.8. The van der Waals surface area contributed by atoms with Crippen LogP contribution in [0.2, 0.25) is 0 Å². The van der Waals surface area contributed by atoms with Crippen molar-refractivity contribution in [3.8, 4) is 21.1 Å². The van der Waals surface area contributed by atoms with E-state index in [1.54, 1.807) is 36.4 Å². The van der Waals surface area contributed by atoms with Crippen LogP contribution in [-0.2, 0) is 24.0 Å². The summed E-state index contributed by atoms with van der Waals surface area (Å²) in [6.45, 7) is 9.45. The Kier molecular flexibility index (Phi) is 17.6. The lowest BCUT2D eigenvalue weighted by Gasteiger charge is -2.28. The number of carboxylic acids is 3. The van der Waals surface area contributed by atoms with Crippen LogP contribution >= 0.6 is 22.7 Å². The number of allylic oxidation sites excluding steroid dienone is 2. The first-order chi connectivity index (χ1) is 28.3. The molecule has 0 spiro atoms. The van der Waals surface area contributed by atoms with Crippen LogP contribution in [0, 0.1) is 0 Å². The molecule has 0 fully saturated rings. The molecule has 0 radical (unpaired) electrons.